The fourth-order valence-corrected chi connectivity index (χ4v) is 4.44. The van der Waals surface area contributed by atoms with Crippen LogP contribution >= 0.6 is 0 Å². The Morgan fingerprint density at radius 1 is 1.14 bits per heavy atom. The van der Waals surface area contributed by atoms with Crippen molar-refractivity contribution < 1.29 is 24.5 Å². The topological polar surface area (TPSA) is 125 Å². The van der Waals surface area contributed by atoms with E-state index in [2.05, 4.69) is 5.32 Å². The standard InChI is InChI=1S/C29H31N3O5/c1-19(5-3-4-16-33)29(36)25-17-24(37-2)14-15-26(25)32(28(29)35)18-20-6-12-23(13-7-20)31-27(34)21-8-10-22(30)11-9-21/h3,5-15,17,19,33,36H,4,16,18,30H2,1-2H3,(H,31,34)/b5-3+/t19-,29+/m0/s1. The molecule has 0 saturated heterocycles. The lowest BCUT2D eigenvalue weighted by molar-refractivity contribution is -0.139. The van der Waals surface area contributed by atoms with Crippen LogP contribution in [0, 0.1) is 5.92 Å². The van der Waals surface area contributed by atoms with E-state index in [4.69, 9.17) is 15.6 Å². The summed E-state index contributed by atoms with van der Waals surface area (Å²) in [5.41, 5.74) is 7.51. The second kappa shape index (κ2) is 10.9. The lowest BCUT2D eigenvalue weighted by atomic mass is 9.83. The fraction of sp³-hybridized carbons (Fsp3) is 0.241. The van der Waals surface area contributed by atoms with Crippen LogP contribution in [-0.4, -0.2) is 35.7 Å². The van der Waals surface area contributed by atoms with Crippen LogP contribution in [0.25, 0.3) is 0 Å². The minimum atomic E-state index is -1.77. The van der Waals surface area contributed by atoms with Crippen LogP contribution in [0.5, 0.6) is 5.75 Å². The highest BCUT2D eigenvalue weighted by Gasteiger charge is 2.52. The van der Waals surface area contributed by atoms with E-state index < -0.39 is 17.4 Å². The molecule has 0 aliphatic carbocycles. The van der Waals surface area contributed by atoms with Crippen LogP contribution in [-0.2, 0) is 16.9 Å². The van der Waals surface area contributed by atoms with Gasteiger partial charge in [0.15, 0.2) is 5.60 Å². The number of methoxy groups -OCH3 is 1. The van der Waals surface area contributed by atoms with Gasteiger partial charge in [-0.1, -0.05) is 31.2 Å². The first-order chi connectivity index (χ1) is 17.8. The molecule has 1 heterocycles. The Kier molecular flexibility index (Phi) is 7.61. The number of aliphatic hydroxyl groups excluding tert-OH is 1. The van der Waals surface area contributed by atoms with Crippen LogP contribution in [0.2, 0.25) is 0 Å². The molecule has 3 aromatic carbocycles. The minimum Gasteiger partial charge on any atom is -0.497 e. The molecule has 2 atom stereocenters. The summed E-state index contributed by atoms with van der Waals surface area (Å²) >= 11 is 0. The molecule has 3 aromatic rings. The number of rotatable bonds is 9. The number of anilines is 3. The molecule has 2 amide bonds. The molecule has 8 heteroatoms. The van der Waals surface area contributed by atoms with Gasteiger partial charge < -0.3 is 30.9 Å². The Bertz CT molecular complexity index is 1300. The summed E-state index contributed by atoms with van der Waals surface area (Å²) in [6.45, 7) is 2.00. The Labute approximate surface area is 216 Å². The lowest BCUT2D eigenvalue weighted by Gasteiger charge is -2.27. The monoisotopic (exact) mass is 501 g/mol. The van der Waals surface area contributed by atoms with E-state index in [9.17, 15) is 14.7 Å². The first-order valence-electron chi connectivity index (χ1n) is 12.0. The molecule has 1 aliphatic heterocycles. The van der Waals surface area contributed by atoms with Crippen molar-refractivity contribution in [2.75, 3.05) is 29.7 Å². The number of ether oxygens (including phenoxy) is 1. The van der Waals surface area contributed by atoms with Crippen LogP contribution in [0.15, 0.2) is 78.9 Å². The van der Waals surface area contributed by atoms with Gasteiger partial charge in [0.25, 0.3) is 11.8 Å². The SMILES string of the molecule is COc1ccc2c(c1)[C@](O)([C@@H](C)/C=C/CCO)C(=O)N2Cc1ccc(NC(=O)c2ccc(N)cc2)cc1. The lowest BCUT2D eigenvalue weighted by Crippen LogP contribution is -2.44. The molecule has 0 bridgehead atoms. The molecule has 0 aromatic heterocycles. The smallest absolute Gasteiger partial charge is 0.264 e. The highest BCUT2D eigenvalue weighted by Crippen LogP contribution is 2.47. The van der Waals surface area contributed by atoms with Gasteiger partial charge in [0, 0.05) is 35.0 Å². The van der Waals surface area contributed by atoms with Gasteiger partial charge in [-0.25, -0.2) is 0 Å². The number of nitrogens with one attached hydrogen (secondary N) is 1. The van der Waals surface area contributed by atoms with Crippen LogP contribution in [0.4, 0.5) is 17.1 Å². The van der Waals surface area contributed by atoms with Crippen molar-refractivity contribution in [3.8, 4) is 5.75 Å². The van der Waals surface area contributed by atoms with Gasteiger partial charge in [0.05, 0.1) is 19.3 Å². The Balaban J connectivity index is 1.56. The van der Waals surface area contributed by atoms with Crippen LogP contribution in [0.3, 0.4) is 0 Å². The van der Waals surface area contributed by atoms with E-state index in [1.54, 1.807) is 78.6 Å². The molecule has 0 unspecified atom stereocenters. The first kappa shape index (κ1) is 25.9. The van der Waals surface area contributed by atoms with Gasteiger partial charge in [-0.3, -0.25) is 9.59 Å². The summed E-state index contributed by atoms with van der Waals surface area (Å²) in [5, 5.41) is 23.6. The quantitative estimate of drug-likeness (QED) is 0.261. The van der Waals surface area contributed by atoms with Crippen molar-refractivity contribution in [2.45, 2.75) is 25.5 Å². The number of nitrogens with zero attached hydrogens (tertiary/aromatic N) is 1. The summed E-state index contributed by atoms with van der Waals surface area (Å²) in [4.78, 5) is 27.7. The number of hydrogen-bond acceptors (Lipinski definition) is 6. The summed E-state index contributed by atoms with van der Waals surface area (Å²) in [6, 6.07) is 19.1. The molecule has 4 rings (SSSR count). The van der Waals surface area contributed by atoms with Crippen molar-refractivity contribution in [2.24, 2.45) is 5.92 Å². The van der Waals surface area contributed by atoms with Gasteiger partial charge >= 0.3 is 0 Å². The van der Waals surface area contributed by atoms with Gasteiger partial charge in [0.2, 0.25) is 0 Å². The zero-order valence-electron chi connectivity index (χ0n) is 20.8. The molecule has 1 aliphatic rings. The number of nitrogen functional groups attached to an aromatic ring is 1. The number of carbonyl (C=O) groups is 2. The maximum absolute atomic E-state index is 13.6. The van der Waals surface area contributed by atoms with E-state index in [1.807, 2.05) is 12.1 Å². The van der Waals surface area contributed by atoms with Crippen molar-refractivity contribution in [3.05, 3.63) is 95.6 Å². The Morgan fingerprint density at radius 3 is 2.49 bits per heavy atom. The molecular formula is C29H31N3O5. The second-order valence-electron chi connectivity index (χ2n) is 9.04. The molecule has 0 fully saturated rings. The first-order valence-corrected chi connectivity index (χ1v) is 12.0. The number of nitrogens with two attached hydrogens (primary N) is 1. The number of fused-ring (bicyclic) bond motifs is 1. The molecule has 37 heavy (non-hydrogen) atoms. The fourth-order valence-electron chi connectivity index (χ4n) is 4.44. The minimum absolute atomic E-state index is 0.0114. The predicted octanol–water partition coefficient (Wildman–Crippen LogP) is 3.84. The number of hydrogen-bond donors (Lipinski definition) is 4. The summed E-state index contributed by atoms with van der Waals surface area (Å²) < 4.78 is 5.35. The maximum Gasteiger partial charge on any atom is 0.264 e. The molecular weight excluding hydrogens is 470 g/mol. The number of benzene rings is 3. The largest absolute Gasteiger partial charge is 0.497 e. The zero-order chi connectivity index (χ0) is 26.6. The zero-order valence-corrected chi connectivity index (χ0v) is 20.8. The van der Waals surface area contributed by atoms with E-state index in [-0.39, 0.29) is 19.1 Å². The van der Waals surface area contributed by atoms with E-state index >= 15 is 0 Å². The average molecular weight is 502 g/mol. The van der Waals surface area contributed by atoms with E-state index in [0.29, 0.717) is 40.4 Å². The Morgan fingerprint density at radius 2 is 1.84 bits per heavy atom. The van der Waals surface area contributed by atoms with E-state index in [0.717, 1.165) is 5.56 Å². The summed E-state index contributed by atoms with van der Waals surface area (Å²) in [5.74, 6) is -0.677. The van der Waals surface area contributed by atoms with Crippen molar-refractivity contribution in [1.82, 2.24) is 0 Å². The van der Waals surface area contributed by atoms with Gasteiger partial charge in [0.1, 0.15) is 5.75 Å². The number of carbonyl (C=O) groups excluding carboxylic acids is 2. The highest BCUT2D eigenvalue weighted by atomic mass is 16.5. The second-order valence-corrected chi connectivity index (χ2v) is 9.04. The van der Waals surface area contributed by atoms with Gasteiger partial charge in [-0.2, -0.15) is 0 Å². The van der Waals surface area contributed by atoms with Crippen molar-refractivity contribution >= 4 is 28.9 Å². The number of aliphatic hydroxyl groups is 2. The van der Waals surface area contributed by atoms with Gasteiger partial charge in [-0.05, 0) is 66.6 Å². The average Bonchev–Trinajstić information content (AvgIpc) is 3.12. The van der Waals surface area contributed by atoms with Crippen LogP contribution < -0.4 is 20.7 Å². The summed E-state index contributed by atoms with van der Waals surface area (Å²) in [6.07, 6.45) is 3.94. The summed E-state index contributed by atoms with van der Waals surface area (Å²) in [7, 11) is 1.54. The third-order valence-corrected chi connectivity index (χ3v) is 6.58. The van der Waals surface area contributed by atoms with Crippen molar-refractivity contribution in [1.29, 1.82) is 0 Å². The molecule has 0 spiro atoms. The molecule has 5 N–H and O–H groups in total. The van der Waals surface area contributed by atoms with E-state index in [1.165, 1.54) is 7.11 Å². The predicted molar refractivity (Wildman–Crippen MR) is 143 cm³/mol. The Hall–Kier alpha value is -4.14. The molecule has 0 saturated carbocycles. The normalized spacial score (nSPS) is 17.6. The maximum atomic E-state index is 13.6. The molecule has 8 nitrogen and oxygen atoms in total. The molecule has 192 valence electrons. The number of amides is 2. The van der Waals surface area contributed by atoms with Gasteiger partial charge in [-0.15, -0.1) is 0 Å². The van der Waals surface area contributed by atoms with Crippen molar-refractivity contribution in [3.63, 3.8) is 0 Å². The molecule has 0 radical (unpaired) electrons. The highest BCUT2D eigenvalue weighted by molar-refractivity contribution is 6.07. The third kappa shape index (κ3) is 5.21. The van der Waals surface area contributed by atoms with Crippen LogP contribution in [0.1, 0.15) is 34.8 Å². The third-order valence-electron chi connectivity index (χ3n) is 6.58.